The fourth-order valence-corrected chi connectivity index (χ4v) is 0. The second-order valence-electron chi connectivity index (χ2n) is 0. The molecule has 0 bridgehead atoms. The van der Waals surface area contributed by atoms with Crippen LogP contribution in [0.4, 0.5) is 0 Å². The molecule has 0 aromatic heterocycles. The van der Waals surface area contributed by atoms with Gasteiger partial charge in [-0.2, -0.15) is 9.90 Å². The van der Waals surface area contributed by atoms with E-state index in [1.807, 2.05) is 0 Å². The van der Waals surface area contributed by atoms with Gasteiger partial charge in [0.05, 0.1) is 0 Å². The molecule has 0 spiro atoms. The predicted octanol–water partition coefficient (Wildman–Crippen LogP) is -2.03. The minimum atomic E-state index is 0. The van der Waals surface area contributed by atoms with E-state index in [0.29, 0.717) is 0 Å². The Bertz CT molecular complexity index is 11.6. The number of hydrogen-bond donors (Lipinski definition) is 1. The summed E-state index contributed by atoms with van der Waals surface area (Å²) in [6.45, 7) is 0. The second kappa shape index (κ2) is 19.8. The van der Waals surface area contributed by atoms with Crippen molar-refractivity contribution in [1.82, 2.24) is 6.15 Å². The quantitative estimate of drug-likeness (QED) is 0.281. The molecule has 0 saturated carbocycles. The average molecular weight is 107 g/mol. The maximum absolute atomic E-state index is 0. The van der Waals surface area contributed by atoms with E-state index in [2.05, 4.69) is 0 Å². The monoisotopic (exact) mass is 107 g/mol. The Morgan fingerprint density at radius 1 is 1.25 bits per heavy atom. The van der Waals surface area contributed by atoms with E-state index >= 15 is 0 Å². The molecule has 0 heterocycles. The van der Waals surface area contributed by atoms with Crippen LogP contribution in [0, 0.1) is 0 Å². The van der Waals surface area contributed by atoms with Crippen molar-refractivity contribution < 1.29 is 52.8 Å². The van der Waals surface area contributed by atoms with Gasteiger partial charge in [0.1, 0.15) is 0 Å². The minimum Gasteiger partial charge on any atom is -1.00 e. The first kappa shape index (κ1) is 37.1. The van der Waals surface area contributed by atoms with E-state index in [0.717, 1.165) is 0 Å². The largest absolute Gasteiger partial charge is 1.00 e. The number of rotatable bonds is 0. The van der Waals surface area contributed by atoms with Crippen molar-refractivity contribution in [2.24, 2.45) is 0 Å². The first-order chi connectivity index (χ1) is 0. The van der Waals surface area contributed by atoms with Gasteiger partial charge in [0.15, 0.2) is 0 Å². The van der Waals surface area contributed by atoms with Crippen LogP contribution in [0.3, 0.4) is 0 Å². The van der Waals surface area contributed by atoms with Crippen molar-refractivity contribution in [3.05, 3.63) is 0 Å². The molecule has 1 unspecified atom stereocenters. The Hall–Kier alpha value is 2.03. The number of hydrogen-bond acceptors (Lipinski definition) is 1. The van der Waals surface area contributed by atoms with E-state index in [4.69, 9.17) is 0 Å². The van der Waals surface area contributed by atoms with Crippen LogP contribution >= 0.6 is 9.90 Å². The Morgan fingerprint density at radius 3 is 1.25 bits per heavy atom. The molecule has 26 valence electrons. The van der Waals surface area contributed by atoms with E-state index in [9.17, 15) is 0 Å². The third kappa shape index (κ3) is 8.98. The fourth-order valence-electron chi connectivity index (χ4n) is 0. The zero-order valence-corrected chi connectivity index (χ0v) is 6.95. The zero-order chi connectivity index (χ0) is 0. The van der Waals surface area contributed by atoms with Crippen molar-refractivity contribution in [2.75, 3.05) is 0 Å². The van der Waals surface area contributed by atoms with E-state index in [1.54, 1.807) is 0 Å². The van der Waals surface area contributed by atoms with Gasteiger partial charge in [0.25, 0.3) is 0 Å². The average Bonchev–Trinajstić information content (AvgIpc) is 0. The standard InChI is InChI=1S/CH4.K.H3N.H3P.H/h1H4;;2*1H3;/q;+1;;;-1. The van der Waals surface area contributed by atoms with Gasteiger partial charge in [0.2, 0.25) is 0 Å². The minimum absolute atomic E-state index is 0. The molecule has 0 aliphatic heterocycles. The van der Waals surface area contributed by atoms with Crippen LogP contribution in [0.1, 0.15) is 8.85 Å². The topological polar surface area (TPSA) is 35.0 Å². The van der Waals surface area contributed by atoms with Crippen molar-refractivity contribution in [2.45, 2.75) is 7.43 Å². The van der Waals surface area contributed by atoms with E-state index in [-0.39, 0.29) is 76.3 Å². The summed E-state index contributed by atoms with van der Waals surface area (Å²) in [6.07, 6.45) is 0. The second-order valence-corrected chi connectivity index (χ2v) is 0. The summed E-state index contributed by atoms with van der Waals surface area (Å²) in [4.78, 5) is 0. The maximum Gasteiger partial charge on any atom is 1.00 e. The zero-order valence-electron chi connectivity index (χ0n) is 3.41. The van der Waals surface area contributed by atoms with Crippen LogP contribution in [0.5, 0.6) is 0 Å². The van der Waals surface area contributed by atoms with Crippen LogP contribution in [0.2, 0.25) is 0 Å². The summed E-state index contributed by atoms with van der Waals surface area (Å²) >= 11 is 0. The molecule has 1 atom stereocenters. The first-order valence-corrected chi connectivity index (χ1v) is 0. The van der Waals surface area contributed by atoms with Gasteiger partial charge in [-0.1, -0.05) is 7.43 Å². The fraction of sp³-hybridized carbons (Fsp3) is 1.00. The summed E-state index contributed by atoms with van der Waals surface area (Å²) in [5, 5.41) is 0. The molecule has 0 radical (unpaired) electrons. The molecule has 4 heavy (non-hydrogen) atoms. The molecule has 0 amide bonds. The molecule has 0 fully saturated rings. The molecule has 3 N–H and O–H groups in total. The third-order valence-corrected chi connectivity index (χ3v) is 0. The van der Waals surface area contributed by atoms with E-state index in [1.165, 1.54) is 0 Å². The summed E-state index contributed by atoms with van der Waals surface area (Å²) in [6, 6.07) is 0. The maximum atomic E-state index is 0. The molecule has 1 nitrogen and oxygen atoms in total. The molecule has 0 rings (SSSR count). The van der Waals surface area contributed by atoms with Crippen LogP contribution < -0.4 is 57.5 Å². The Kier molecular flexibility index (Phi) is 184. The van der Waals surface area contributed by atoms with Crippen molar-refractivity contribution in [3.63, 3.8) is 0 Å². The first-order valence-electron chi connectivity index (χ1n) is 0. The van der Waals surface area contributed by atoms with Gasteiger partial charge in [-0.05, 0) is 0 Å². The van der Waals surface area contributed by atoms with Crippen LogP contribution in [0.15, 0.2) is 0 Å². The SMILES string of the molecule is C.N.P.[H-].[K+]. The molecule has 0 aromatic carbocycles. The van der Waals surface area contributed by atoms with Gasteiger partial charge >= 0.3 is 51.4 Å². The van der Waals surface area contributed by atoms with Crippen molar-refractivity contribution in [1.29, 1.82) is 0 Å². The smallest absolute Gasteiger partial charge is 1.00 e. The molecule has 0 aliphatic rings. The van der Waals surface area contributed by atoms with Gasteiger partial charge in [-0.15, -0.1) is 0 Å². The summed E-state index contributed by atoms with van der Waals surface area (Å²) < 4.78 is 0. The van der Waals surface area contributed by atoms with E-state index < -0.39 is 0 Å². The predicted molar refractivity (Wildman–Crippen MR) is 24.0 cm³/mol. The van der Waals surface area contributed by atoms with Crippen LogP contribution in [0.25, 0.3) is 0 Å². The van der Waals surface area contributed by atoms with Crippen molar-refractivity contribution >= 4 is 9.90 Å². The van der Waals surface area contributed by atoms with Gasteiger partial charge in [0, 0.05) is 0 Å². The Morgan fingerprint density at radius 2 is 1.25 bits per heavy atom. The summed E-state index contributed by atoms with van der Waals surface area (Å²) in [5.74, 6) is 0. The molecule has 0 aliphatic carbocycles. The van der Waals surface area contributed by atoms with Crippen LogP contribution in [-0.2, 0) is 0 Å². The van der Waals surface area contributed by atoms with Crippen LogP contribution in [-0.4, -0.2) is 0 Å². The third-order valence-electron chi connectivity index (χ3n) is 0. The Balaban J connectivity index is 0. The van der Waals surface area contributed by atoms with Gasteiger partial charge in [-0.25, -0.2) is 0 Å². The summed E-state index contributed by atoms with van der Waals surface area (Å²) in [7, 11) is 0. The normalized spacial score (nSPS) is 0. The van der Waals surface area contributed by atoms with Gasteiger partial charge in [-0.3, -0.25) is 0 Å². The molecule has 3 heteroatoms. The molecular weight excluding hydrogens is 96.1 g/mol. The molecule has 0 saturated heterocycles. The molecule has 0 aromatic rings. The Labute approximate surface area is 75.0 Å². The molecular formula is CH11KNP. The summed E-state index contributed by atoms with van der Waals surface area (Å²) in [5.41, 5.74) is 0. The van der Waals surface area contributed by atoms with Gasteiger partial charge < -0.3 is 7.58 Å². The van der Waals surface area contributed by atoms with Crippen molar-refractivity contribution in [3.8, 4) is 0 Å².